The molecule has 0 saturated heterocycles. The highest BCUT2D eigenvalue weighted by molar-refractivity contribution is 7.81. The van der Waals surface area contributed by atoms with Crippen LogP contribution in [-0.2, 0) is 11.3 Å². The first-order valence-electron chi connectivity index (χ1n) is 4.57. The van der Waals surface area contributed by atoms with Crippen molar-refractivity contribution in [3.05, 3.63) is 34.9 Å². The summed E-state index contributed by atoms with van der Waals surface area (Å²) >= 11 is 3.89. The van der Waals surface area contributed by atoms with Crippen LogP contribution in [-0.4, -0.2) is 11.7 Å². The summed E-state index contributed by atoms with van der Waals surface area (Å²) in [5.41, 5.74) is 3.65. The van der Waals surface area contributed by atoms with Gasteiger partial charge >= 0.3 is 0 Å². The topological polar surface area (TPSA) is 29.1 Å². The Morgan fingerprint density at radius 3 is 2.64 bits per heavy atom. The average molecular weight is 209 g/mol. The summed E-state index contributed by atoms with van der Waals surface area (Å²) in [5.74, 6) is 0.205. The second kappa shape index (κ2) is 5.05. The standard InChI is InChI=1S/C11H15NOS/c1-8-3-4-10(5-9(8)2)6-12-11(13)7-14/h3-5,14H,6-7H2,1-2H3,(H,12,13). The van der Waals surface area contributed by atoms with Gasteiger partial charge in [-0.1, -0.05) is 18.2 Å². The van der Waals surface area contributed by atoms with Crippen molar-refractivity contribution < 1.29 is 4.79 Å². The minimum atomic E-state index is -0.0356. The maximum Gasteiger partial charge on any atom is 0.229 e. The quantitative estimate of drug-likeness (QED) is 0.731. The van der Waals surface area contributed by atoms with E-state index in [1.807, 2.05) is 6.07 Å². The van der Waals surface area contributed by atoms with Gasteiger partial charge in [0.25, 0.3) is 0 Å². The van der Waals surface area contributed by atoms with Gasteiger partial charge in [-0.15, -0.1) is 0 Å². The van der Waals surface area contributed by atoms with Crippen LogP contribution in [0.5, 0.6) is 0 Å². The first-order chi connectivity index (χ1) is 6.63. The molecular weight excluding hydrogens is 194 g/mol. The van der Waals surface area contributed by atoms with Crippen LogP contribution in [0.3, 0.4) is 0 Å². The maximum atomic E-state index is 10.9. The molecule has 76 valence electrons. The molecule has 1 aromatic rings. The third kappa shape index (κ3) is 3.07. The second-order valence-electron chi connectivity index (χ2n) is 3.35. The molecule has 2 nitrogen and oxygen atoms in total. The maximum absolute atomic E-state index is 10.9. The van der Waals surface area contributed by atoms with Gasteiger partial charge in [-0.2, -0.15) is 12.6 Å². The molecule has 0 bridgehead atoms. The van der Waals surface area contributed by atoms with Crippen LogP contribution in [0.2, 0.25) is 0 Å². The van der Waals surface area contributed by atoms with E-state index in [-0.39, 0.29) is 11.7 Å². The highest BCUT2D eigenvalue weighted by Crippen LogP contribution is 2.09. The molecule has 0 unspecified atom stereocenters. The van der Waals surface area contributed by atoms with Gasteiger partial charge in [0.15, 0.2) is 0 Å². The van der Waals surface area contributed by atoms with E-state index in [0.29, 0.717) is 6.54 Å². The molecule has 1 rings (SSSR count). The lowest BCUT2D eigenvalue weighted by Crippen LogP contribution is -2.23. The summed E-state index contributed by atoms with van der Waals surface area (Å²) in [4.78, 5) is 10.9. The Bertz CT molecular complexity index is 336. The third-order valence-corrected chi connectivity index (χ3v) is 2.49. The SMILES string of the molecule is Cc1ccc(CNC(=O)CS)cc1C. The predicted molar refractivity (Wildman–Crippen MR) is 61.6 cm³/mol. The normalized spacial score (nSPS) is 9.93. The van der Waals surface area contributed by atoms with Crippen molar-refractivity contribution in [3.8, 4) is 0 Å². The van der Waals surface area contributed by atoms with Crippen molar-refractivity contribution in [2.24, 2.45) is 0 Å². The van der Waals surface area contributed by atoms with Crippen molar-refractivity contribution in [3.63, 3.8) is 0 Å². The Balaban J connectivity index is 2.60. The number of hydrogen-bond acceptors (Lipinski definition) is 2. The molecule has 0 spiro atoms. The molecule has 0 aliphatic rings. The molecule has 0 heterocycles. The lowest BCUT2D eigenvalue weighted by molar-refractivity contribution is -0.118. The number of carbonyl (C=O) groups is 1. The minimum Gasteiger partial charge on any atom is -0.351 e. The highest BCUT2D eigenvalue weighted by atomic mass is 32.1. The molecule has 14 heavy (non-hydrogen) atoms. The summed E-state index contributed by atoms with van der Waals surface area (Å²) in [5, 5.41) is 2.78. The van der Waals surface area contributed by atoms with E-state index in [9.17, 15) is 4.79 Å². The van der Waals surface area contributed by atoms with Gasteiger partial charge in [-0.05, 0) is 30.5 Å². The molecule has 0 aliphatic heterocycles. The zero-order valence-corrected chi connectivity index (χ0v) is 9.40. The number of benzene rings is 1. The summed E-state index contributed by atoms with van der Waals surface area (Å²) < 4.78 is 0. The minimum absolute atomic E-state index is 0.0356. The first-order valence-corrected chi connectivity index (χ1v) is 5.20. The Kier molecular flexibility index (Phi) is 4.01. The number of amides is 1. The van der Waals surface area contributed by atoms with Crippen LogP contribution in [0, 0.1) is 13.8 Å². The number of carbonyl (C=O) groups excluding carboxylic acids is 1. The lowest BCUT2D eigenvalue weighted by atomic mass is 10.1. The third-order valence-electron chi connectivity index (χ3n) is 2.20. The number of hydrogen-bond donors (Lipinski definition) is 2. The largest absolute Gasteiger partial charge is 0.351 e. The summed E-state index contributed by atoms with van der Waals surface area (Å²) in [6.45, 7) is 4.73. The van der Waals surface area contributed by atoms with Gasteiger partial charge in [-0.3, -0.25) is 4.79 Å². The Labute approximate surface area is 90.1 Å². The fraction of sp³-hybridized carbons (Fsp3) is 0.364. The second-order valence-corrected chi connectivity index (χ2v) is 3.67. The van der Waals surface area contributed by atoms with Crippen LogP contribution in [0.1, 0.15) is 16.7 Å². The van der Waals surface area contributed by atoms with Crippen LogP contribution in [0.4, 0.5) is 0 Å². The molecular formula is C11H15NOS. The molecule has 3 heteroatoms. The van der Waals surface area contributed by atoms with Crippen molar-refractivity contribution in [1.29, 1.82) is 0 Å². The van der Waals surface area contributed by atoms with Gasteiger partial charge in [0.2, 0.25) is 5.91 Å². The van der Waals surface area contributed by atoms with E-state index in [1.54, 1.807) is 0 Å². The Morgan fingerprint density at radius 1 is 1.36 bits per heavy atom. The van der Waals surface area contributed by atoms with Crippen LogP contribution < -0.4 is 5.32 Å². The van der Waals surface area contributed by atoms with Crippen molar-refractivity contribution in [2.75, 3.05) is 5.75 Å². The Morgan fingerprint density at radius 2 is 2.07 bits per heavy atom. The lowest BCUT2D eigenvalue weighted by Gasteiger charge is -2.06. The number of rotatable bonds is 3. The predicted octanol–water partition coefficient (Wildman–Crippen LogP) is 1.85. The fourth-order valence-electron chi connectivity index (χ4n) is 1.17. The number of nitrogens with one attached hydrogen (secondary N) is 1. The average Bonchev–Trinajstić information content (AvgIpc) is 2.19. The first kappa shape index (κ1) is 11.1. The van der Waals surface area contributed by atoms with Gasteiger partial charge in [0.1, 0.15) is 0 Å². The summed E-state index contributed by atoms with van der Waals surface area (Å²) in [7, 11) is 0. The van der Waals surface area contributed by atoms with Crippen molar-refractivity contribution in [2.45, 2.75) is 20.4 Å². The van der Waals surface area contributed by atoms with Crippen molar-refractivity contribution >= 4 is 18.5 Å². The number of thiol groups is 1. The zero-order valence-electron chi connectivity index (χ0n) is 8.50. The monoisotopic (exact) mass is 209 g/mol. The van der Waals surface area contributed by atoms with Crippen LogP contribution in [0.25, 0.3) is 0 Å². The molecule has 1 amide bonds. The molecule has 0 fully saturated rings. The highest BCUT2D eigenvalue weighted by Gasteiger charge is 1.99. The molecule has 0 aromatic heterocycles. The van der Waals surface area contributed by atoms with Gasteiger partial charge in [-0.25, -0.2) is 0 Å². The van der Waals surface area contributed by atoms with Crippen LogP contribution >= 0.6 is 12.6 Å². The van der Waals surface area contributed by atoms with E-state index in [1.165, 1.54) is 11.1 Å². The molecule has 0 radical (unpaired) electrons. The molecule has 0 atom stereocenters. The summed E-state index contributed by atoms with van der Waals surface area (Å²) in [6, 6.07) is 6.19. The zero-order chi connectivity index (χ0) is 10.6. The molecule has 1 N–H and O–H groups in total. The smallest absolute Gasteiger partial charge is 0.229 e. The van der Waals surface area contributed by atoms with Gasteiger partial charge in [0.05, 0.1) is 5.75 Å². The molecule has 1 aromatic carbocycles. The van der Waals surface area contributed by atoms with E-state index in [0.717, 1.165) is 5.56 Å². The number of aryl methyl sites for hydroxylation is 2. The van der Waals surface area contributed by atoms with E-state index in [4.69, 9.17) is 0 Å². The Hall–Kier alpha value is -0.960. The van der Waals surface area contributed by atoms with Crippen molar-refractivity contribution in [1.82, 2.24) is 5.32 Å². The molecule has 0 saturated carbocycles. The van der Waals surface area contributed by atoms with Gasteiger partial charge < -0.3 is 5.32 Å². The molecule has 0 aliphatic carbocycles. The van der Waals surface area contributed by atoms with E-state index < -0.39 is 0 Å². The fourth-order valence-corrected chi connectivity index (χ4v) is 1.28. The van der Waals surface area contributed by atoms with E-state index in [2.05, 4.69) is 43.9 Å². The van der Waals surface area contributed by atoms with Gasteiger partial charge in [0, 0.05) is 6.54 Å². The van der Waals surface area contributed by atoms with E-state index >= 15 is 0 Å². The van der Waals surface area contributed by atoms with Crippen LogP contribution in [0.15, 0.2) is 18.2 Å². The summed E-state index contributed by atoms with van der Waals surface area (Å²) in [6.07, 6.45) is 0.